The van der Waals surface area contributed by atoms with Gasteiger partial charge in [-0.2, -0.15) is 0 Å². The summed E-state index contributed by atoms with van der Waals surface area (Å²) in [5.74, 6) is 3.09. The topological polar surface area (TPSA) is 49.6 Å². The predicted octanol–water partition coefficient (Wildman–Crippen LogP) is 3.97. The van der Waals surface area contributed by atoms with Gasteiger partial charge in [0, 0.05) is 30.7 Å². The number of aryl methyl sites for hydroxylation is 2. The van der Waals surface area contributed by atoms with Gasteiger partial charge in [-0.25, -0.2) is 0 Å². The molecular weight excluding hydrogens is 350 g/mol. The maximum absolute atomic E-state index is 13.2. The molecule has 3 fully saturated rings. The Morgan fingerprint density at radius 2 is 2.00 bits per heavy atom. The molecule has 0 spiro atoms. The molecule has 0 saturated carbocycles. The molecule has 5 nitrogen and oxygen atoms in total. The summed E-state index contributed by atoms with van der Waals surface area (Å²) in [6, 6.07) is 1.36. The number of amides is 1. The molecule has 4 rings (SSSR count). The molecule has 3 aliphatic rings. The third-order valence-electron chi connectivity index (χ3n) is 7.52. The summed E-state index contributed by atoms with van der Waals surface area (Å²) in [4.78, 5) is 18.2. The van der Waals surface area contributed by atoms with Crippen molar-refractivity contribution >= 4 is 5.91 Å². The van der Waals surface area contributed by atoms with E-state index in [-0.39, 0.29) is 5.91 Å². The van der Waals surface area contributed by atoms with Gasteiger partial charge in [-0.3, -0.25) is 9.69 Å². The van der Waals surface area contributed by atoms with Crippen LogP contribution in [-0.4, -0.2) is 52.6 Å². The fourth-order valence-electron chi connectivity index (χ4n) is 6.03. The van der Waals surface area contributed by atoms with E-state index in [1.165, 1.54) is 45.1 Å². The highest BCUT2D eigenvalue weighted by molar-refractivity contribution is 5.79. The van der Waals surface area contributed by atoms with Crippen LogP contribution in [0.2, 0.25) is 0 Å². The van der Waals surface area contributed by atoms with E-state index in [4.69, 9.17) is 4.52 Å². The average molecular weight is 388 g/mol. The van der Waals surface area contributed by atoms with Gasteiger partial charge < -0.3 is 9.42 Å². The summed E-state index contributed by atoms with van der Waals surface area (Å²) in [5.41, 5.74) is 1.84. The lowest BCUT2D eigenvalue weighted by atomic mass is 9.71. The normalized spacial score (nSPS) is 30.5. The highest BCUT2D eigenvalue weighted by Crippen LogP contribution is 2.42. The van der Waals surface area contributed by atoms with Crippen molar-refractivity contribution in [3.63, 3.8) is 0 Å². The molecule has 1 amide bonds. The van der Waals surface area contributed by atoms with Crippen LogP contribution in [0.1, 0.15) is 69.4 Å². The maximum Gasteiger partial charge on any atom is 0.227 e. The number of carbonyl (C=O) groups excluding carboxylic acids is 1. The Hall–Kier alpha value is -1.36. The van der Waals surface area contributed by atoms with Gasteiger partial charge in [0.1, 0.15) is 5.76 Å². The largest absolute Gasteiger partial charge is 0.361 e. The van der Waals surface area contributed by atoms with Gasteiger partial charge in [-0.15, -0.1) is 0 Å². The molecule has 0 N–H and O–H groups in total. The van der Waals surface area contributed by atoms with Crippen molar-refractivity contribution in [3.05, 3.63) is 17.0 Å². The van der Waals surface area contributed by atoms with Gasteiger partial charge in [0.15, 0.2) is 0 Å². The number of fused-ring (bicyclic) bond motifs is 4. The lowest BCUT2D eigenvalue weighted by Gasteiger charge is -2.57. The van der Waals surface area contributed by atoms with Crippen LogP contribution in [0.15, 0.2) is 4.52 Å². The molecular formula is C23H37N3O2. The highest BCUT2D eigenvalue weighted by atomic mass is 16.5. The lowest BCUT2D eigenvalue weighted by Crippen LogP contribution is -2.64. The molecule has 5 heteroatoms. The number of hydrogen-bond donors (Lipinski definition) is 0. The zero-order valence-electron chi connectivity index (χ0n) is 18.1. The minimum absolute atomic E-state index is 0.260. The van der Waals surface area contributed by atoms with E-state index in [1.54, 1.807) is 0 Å². The Morgan fingerprint density at radius 1 is 1.21 bits per heavy atom. The first kappa shape index (κ1) is 19.9. The van der Waals surface area contributed by atoms with Crippen LogP contribution in [-0.2, 0) is 11.2 Å². The maximum atomic E-state index is 13.2. The number of rotatable bonds is 5. The molecule has 0 aromatic carbocycles. The van der Waals surface area contributed by atoms with Crippen LogP contribution in [0.4, 0.5) is 0 Å². The number of hydrogen-bond acceptors (Lipinski definition) is 4. The summed E-state index contributed by atoms with van der Waals surface area (Å²) in [6.07, 6.45) is 8.36. The smallest absolute Gasteiger partial charge is 0.227 e. The van der Waals surface area contributed by atoms with Gasteiger partial charge in [-0.1, -0.05) is 25.4 Å². The lowest BCUT2D eigenvalue weighted by molar-refractivity contribution is -0.140. The van der Waals surface area contributed by atoms with Gasteiger partial charge >= 0.3 is 0 Å². The number of nitrogens with zero attached hydrogens (tertiary/aromatic N) is 3. The van der Waals surface area contributed by atoms with E-state index >= 15 is 0 Å². The van der Waals surface area contributed by atoms with E-state index in [2.05, 4.69) is 28.8 Å². The van der Waals surface area contributed by atoms with E-state index < -0.39 is 0 Å². The van der Waals surface area contributed by atoms with E-state index in [0.717, 1.165) is 36.0 Å². The fraction of sp³-hybridized carbons (Fsp3) is 0.826. The van der Waals surface area contributed by atoms with E-state index in [1.807, 2.05) is 13.8 Å². The first-order chi connectivity index (χ1) is 13.4. The standard InChI is InChI=1S/C23H37N3O2/c1-15(2)8-9-22-19-11-18(21-7-5-6-10-26(21)22)13-25(14-19)23(27)12-20-16(3)24-28-17(20)4/h15,18-19,21-22H,5-14H2,1-4H3/t18-,19+,21+,22+/m1/s1. The Balaban J connectivity index is 1.50. The van der Waals surface area contributed by atoms with Crippen molar-refractivity contribution in [1.82, 2.24) is 15.0 Å². The molecule has 3 saturated heterocycles. The number of piperidine rings is 3. The molecule has 1 aromatic rings. The molecule has 1 aromatic heterocycles. The Morgan fingerprint density at radius 3 is 2.71 bits per heavy atom. The summed E-state index contributed by atoms with van der Waals surface area (Å²) in [6.45, 7) is 11.7. The van der Waals surface area contributed by atoms with Crippen LogP contribution in [0.5, 0.6) is 0 Å². The number of likely N-dealkylation sites (tertiary alicyclic amines) is 1. The predicted molar refractivity (Wildman–Crippen MR) is 110 cm³/mol. The summed E-state index contributed by atoms with van der Waals surface area (Å²) >= 11 is 0. The molecule has 156 valence electrons. The monoisotopic (exact) mass is 387 g/mol. The van der Waals surface area contributed by atoms with Crippen LogP contribution in [0, 0.1) is 31.6 Å². The van der Waals surface area contributed by atoms with E-state index in [0.29, 0.717) is 30.3 Å². The first-order valence-electron chi connectivity index (χ1n) is 11.4. The molecule has 4 heterocycles. The molecule has 3 aliphatic heterocycles. The third kappa shape index (κ3) is 3.87. The molecule has 4 atom stereocenters. The second kappa shape index (κ2) is 8.17. The van der Waals surface area contributed by atoms with Gasteiger partial charge in [0.05, 0.1) is 12.1 Å². The van der Waals surface area contributed by atoms with Gasteiger partial charge in [-0.05, 0) is 70.3 Å². The Labute approximate surface area is 169 Å². The Kier molecular flexibility index (Phi) is 5.82. The fourth-order valence-corrected chi connectivity index (χ4v) is 6.03. The zero-order valence-corrected chi connectivity index (χ0v) is 18.1. The van der Waals surface area contributed by atoms with Crippen molar-refractivity contribution in [2.75, 3.05) is 19.6 Å². The minimum Gasteiger partial charge on any atom is -0.361 e. The van der Waals surface area contributed by atoms with Gasteiger partial charge in [0.2, 0.25) is 5.91 Å². The second-order valence-corrected chi connectivity index (χ2v) is 9.87. The van der Waals surface area contributed by atoms with Crippen LogP contribution < -0.4 is 0 Å². The van der Waals surface area contributed by atoms with Crippen LogP contribution in [0.3, 0.4) is 0 Å². The summed E-state index contributed by atoms with van der Waals surface area (Å²) in [5, 5.41) is 4.03. The summed E-state index contributed by atoms with van der Waals surface area (Å²) < 4.78 is 5.27. The van der Waals surface area contributed by atoms with Crippen molar-refractivity contribution in [2.45, 2.75) is 84.7 Å². The second-order valence-electron chi connectivity index (χ2n) is 9.87. The van der Waals surface area contributed by atoms with E-state index in [9.17, 15) is 4.79 Å². The van der Waals surface area contributed by atoms with Crippen LogP contribution >= 0.6 is 0 Å². The van der Waals surface area contributed by atoms with Crippen molar-refractivity contribution in [3.8, 4) is 0 Å². The van der Waals surface area contributed by atoms with Crippen LogP contribution in [0.25, 0.3) is 0 Å². The van der Waals surface area contributed by atoms with Crippen molar-refractivity contribution in [1.29, 1.82) is 0 Å². The molecule has 28 heavy (non-hydrogen) atoms. The SMILES string of the molecule is Cc1noc(C)c1CC(=O)N1C[C@H]2C[C@@H](C1)[C@H](CCC(C)C)N1CCCC[C@@H]21. The molecule has 0 aliphatic carbocycles. The first-order valence-corrected chi connectivity index (χ1v) is 11.4. The molecule has 2 bridgehead atoms. The summed E-state index contributed by atoms with van der Waals surface area (Å²) in [7, 11) is 0. The van der Waals surface area contributed by atoms with Crippen molar-refractivity contribution in [2.24, 2.45) is 17.8 Å². The average Bonchev–Trinajstić information content (AvgIpc) is 2.99. The molecule has 0 radical (unpaired) electrons. The third-order valence-corrected chi connectivity index (χ3v) is 7.52. The van der Waals surface area contributed by atoms with Gasteiger partial charge in [0.25, 0.3) is 0 Å². The highest BCUT2D eigenvalue weighted by Gasteiger charge is 2.47. The minimum atomic E-state index is 0.260. The quantitative estimate of drug-likeness (QED) is 0.767. The number of carbonyl (C=O) groups is 1. The van der Waals surface area contributed by atoms with Crippen molar-refractivity contribution < 1.29 is 9.32 Å². The zero-order chi connectivity index (χ0) is 19.8. The molecule has 0 unspecified atom stereocenters. The Bertz CT molecular complexity index is 679. The number of aromatic nitrogens is 1.